The van der Waals surface area contributed by atoms with Crippen molar-refractivity contribution in [3.63, 3.8) is 0 Å². The fraction of sp³-hybridized carbons (Fsp3) is 0.00917. The summed E-state index contributed by atoms with van der Waals surface area (Å²) in [7, 11) is 0. The van der Waals surface area contributed by atoms with Crippen LogP contribution in [-0.4, -0.2) is 18.3 Å². The van der Waals surface area contributed by atoms with Crippen LogP contribution in [0.25, 0.3) is 186 Å². The van der Waals surface area contributed by atoms with E-state index < -0.39 is 0 Å². The largest absolute Gasteiger partial charge is 0.309 e. The van der Waals surface area contributed by atoms with Gasteiger partial charge >= 0.3 is 0 Å². The number of hydrogen-bond acceptors (Lipinski definition) is 1. The van der Waals surface area contributed by atoms with E-state index in [0.717, 1.165) is 5.69 Å². The Labute approximate surface area is 664 Å². The highest BCUT2D eigenvalue weighted by Crippen LogP contribution is 2.45. The summed E-state index contributed by atoms with van der Waals surface area (Å²) in [5.74, 6) is 0.0897. The summed E-state index contributed by atoms with van der Waals surface area (Å²) < 4.78 is 12.2. The molecule has 0 fully saturated rings. The molecule has 23 rings (SSSR count). The molecule has 0 unspecified atom stereocenters. The van der Waals surface area contributed by atoms with Crippen molar-refractivity contribution >= 4 is 119 Å². The number of rotatable bonds is 12. The number of hydrogen-bond donors (Lipinski definition) is 0. The molecular formula is C109H72N4S. The second kappa shape index (κ2) is 27.7. The van der Waals surface area contributed by atoms with Gasteiger partial charge in [-0.15, -0.1) is 11.3 Å². The zero-order valence-electron chi connectivity index (χ0n) is 62.3. The molecule has 114 heavy (non-hydrogen) atoms. The number of nitrogens with zero attached hydrogens (tertiary/aromatic N) is 4. The molecule has 0 aliphatic heterocycles. The van der Waals surface area contributed by atoms with Crippen LogP contribution in [0.3, 0.4) is 0 Å². The topological polar surface area (TPSA) is 19.7 Å². The van der Waals surface area contributed by atoms with Crippen molar-refractivity contribution in [3.05, 3.63) is 447 Å². The molecule has 0 aliphatic carbocycles. The summed E-state index contributed by atoms with van der Waals surface area (Å²) in [4.78, 5) is 0. The molecule has 5 aromatic heterocycles. The maximum Gasteiger partial charge on any atom is 0.0541 e. The van der Waals surface area contributed by atoms with Crippen molar-refractivity contribution in [2.45, 2.75) is 5.92 Å². The van der Waals surface area contributed by atoms with Gasteiger partial charge in [-0.3, -0.25) is 0 Å². The van der Waals surface area contributed by atoms with E-state index in [1.54, 1.807) is 0 Å². The highest BCUT2D eigenvalue weighted by Gasteiger charge is 2.23. The van der Waals surface area contributed by atoms with Crippen LogP contribution >= 0.6 is 11.3 Å². The molecule has 0 amide bonds. The molecule has 0 atom stereocenters. The van der Waals surface area contributed by atoms with Crippen LogP contribution in [0.1, 0.15) is 22.6 Å². The molecular weight excluding hydrogens is 1400 g/mol. The normalized spacial score (nSPS) is 11.8. The minimum Gasteiger partial charge on any atom is -0.309 e. The molecule has 0 aliphatic rings. The highest BCUT2D eigenvalue weighted by molar-refractivity contribution is 7.25. The summed E-state index contributed by atoms with van der Waals surface area (Å²) in [6.45, 7) is 0. The van der Waals surface area contributed by atoms with Crippen LogP contribution in [-0.2, 0) is 0 Å². The van der Waals surface area contributed by atoms with E-state index in [9.17, 15) is 0 Å². The maximum absolute atomic E-state index is 2.43. The zero-order valence-corrected chi connectivity index (χ0v) is 63.1. The number of benzene rings is 18. The Hall–Kier alpha value is -14.6. The van der Waals surface area contributed by atoms with E-state index >= 15 is 0 Å². The highest BCUT2D eigenvalue weighted by atomic mass is 32.1. The number of thiophene rings is 1. The lowest BCUT2D eigenvalue weighted by Gasteiger charge is -2.20. The Bertz CT molecular complexity index is 7300. The van der Waals surface area contributed by atoms with Gasteiger partial charge in [0.2, 0.25) is 0 Å². The van der Waals surface area contributed by atoms with Gasteiger partial charge < -0.3 is 18.3 Å². The second-order valence-corrected chi connectivity index (χ2v) is 31.0. The molecule has 0 spiro atoms. The predicted molar refractivity (Wildman–Crippen MR) is 484 cm³/mol. The molecule has 23 aromatic rings. The van der Waals surface area contributed by atoms with Gasteiger partial charge in [-0.05, 0) is 212 Å². The summed E-state index contributed by atoms with van der Waals surface area (Å²) in [6.07, 6.45) is 0. The van der Waals surface area contributed by atoms with Gasteiger partial charge in [0, 0.05) is 91.9 Å². The SMILES string of the molecule is c1ccc(-c2ccc(C(c3ccc(-c4ccccc4)cc3)c3ccc(-c4ccc5c(c4)c4ccccc4n5-c4ccc5sc6ccccc6c5c4)cc3)cc2)cc1.c1ccc(-n2c3ccccc3c3cc(-c4ccc5c(c4)c4cc(-c6ccc7c(c6)c6ccccc6n7-c6ccccc6)ccc4n5-c4ccccc4)ccc32)cc1. The van der Waals surface area contributed by atoms with Gasteiger partial charge in [0.25, 0.3) is 0 Å². The first-order valence-electron chi connectivity index (χ1n) is 39.2. The summed E-state index contributed by atoms with van der Waals surface area (Å²) >= 11 is 1.86. The average Bonchev–Trinajstić information content (AvgIpc) is 1.53. The third-order valence-corrected chi connectivity index (χ3v) is 24.5. The molecule has 0 bridgehead atoms. The summed E-state index contributed by atoms with van der Waals surface area (Å²) in [6, 6.07) is 158. The second-order valence-electron chi connectivity index (χ2n) is 29.9. The van der Waals surface area contributed by atoms with Crippen LogP contribution in [0.15, 0.2) is 431 Å². The monoisotopic (exact) mass is 1470 g/mol. The third-order valence-electron chi connectivity index (χ3n) is 23.4. The van der Waals surface area contributed by atoms with Crippen LogP contribution < -0.4 is 0 Å². The van der Waals surface area contributed by atoms with E-state index in [0.29, 0.717) is 0 Å². The number of para-hydroxylation sites is 6. The van der Waals surface area contributed by atoms with Gasteiger partial charge in [-0.2, -0.15) is 0 Å². The molecule has 0 saturated carbocycles. The standard InChI is InChI=1S/C55H37NS.C54H35N3/c1-3-11-37(12-4-1)39-19-25-42(26-20-39)55(43-27-21-40(22-28-43)38-13-5-2-6-14-38)44-29-23-41(24-30-44)45-31-33-52-49(35-45)47-15-7-9-17-51(47)56(52)46-32-34-54-50(36-46)48-16-8-10-18-53(48)57-54;1-4-14-40(15-5-1)55-49-22-12-10-20-43(49)45-32-36(24-28-51(45)55)38-26-30-53-47(34-38)48-35-39(27-31-54(48)57(53)42-18-8-3-9-19-42)37-25-29-52-46(33-37)44-21-11-13-23-50(44)56(52)41-16-6-2-7-17-41/h1-36,55H;1-35H. The van der Waals surface area contributed by atoms with Crippen LogP contribution in [0.4, 0.5) is 0 Å². The van der Waals surface area contributed by atoms with E-state index in [1.165, 1.54) is 197 Å². The van der Waals surface area contributed by atoms with Crippen molar-refractivity contribution in [3.8, 4) is 78.4 Å². The lowest BCUT2D eigenvalue weighted by Crippen LogP contribution is -2.03. The fourth-order valence-electron chi connectivity index (χ4n) is 18.0. The maximum atomic E-state index is 2.43. The summed E-state index contributed by atoms with van der Waals surface area (Å²) in [5, 5.41) is 12.7. The van der Waals surface area contributed by atoms with Gasteiger partial charge in [0.15, 0.2) is 0 Å². The van der Waals surface area contributed by atoms with Gasteiger partial charge in [0.05, 0.1) is 44.1 Å². The zero-order chi connectivity index (χ0) is 75.2. The van der Waals surface area contributed by atoms with Crippen molar-refractivity contribution in [1.82, 2.24) is 18.3 Å². The quantitative estimate of drug-likeness (QED) is 0.109. The molecule has 0 saturated heterocycles. The van der Waals surface area contributed by atoms with Crippen molar-refractivity contribution in [1.29, 1.82) is 0 Å². The average molecular weight is 1470 g/mol. The third kappa shape index (κ3) is 11.4. The number of aromatic nitrogens is 4. The van der Waals surface area contributed by atoms with E-state index in [2.05, 4.69) is 449 Å². The number of fused-ring (bicyclic) bond motifs is 15. The Kier molecular flexibility index (Phi) is 16.2. The van der Waals surface area contributed by atoms with E-state index in [1.807, 2.05) is 11.3 Å². The van der Waals surface area contributed by atoms with Crippen LogP contribution in [0.2, 0.25) is 0 Å². The first-order chi connectivity index (χ1) is 56.5. The Balaban J connectivity index is 0.000000139. The smallest absolute Gasteiger partial charge is 0.0541 e. The molecule has 5 heterocycles. The first kappa shape index (κ1) is 66.4. The molecule has 5 heteroatoms. The van der Waals surface area contributed by atoms with Gasteiger partial charge in [-0.25, -0.2) is 0 Å². The Morgan fingerprint density at radius 2 is 0.395 bits per heavy atom. The molecule has 534 valence electrons. The van der Waals surface area contributed by atoms with Gasteiger partial charge in [0.1, 0.15) is 0 Å². The fourth-order valence-corrected chi connectivity index (χ4v) is 19.1. The lowest BCUT2D eigenvalue weighted by atomic mass is 9.83. The minimum atomic E-state index is 0.0897. The van der Waals surface area contributed by atoms with Crippen LogP contribution in [0.5, 0.6) is 0 Å². The molecule has 0 N–H and O–H groups in total. The van der Waals surface area contributed by atoms with Gasteiger partial charge in [-0.1, -0.05) is 291 Å². The first-order valence-corrected chi connectivity index (χ1v) is 40.0. The summed E-state index contributed by atoms with van der Waals surface area (Å²) in [5.41, 5.74) is 30.3. The predicted octanol–water partition coefficient (Wildman–Crippen LogP) is 29.6. The minimum absolute atomic E-state index is 0.0897. The lowest BCUT2D eigenvalue weighted by molar-refractivity contribution is 0.978. The Morgan fingerprint density at radius 3 is 0.754 bits per heavy atom. The molecule has 18 aromatic carbocycles. The van der Waals surface area contributed by atoms with Crippen molar-refractivity contribution < 1.29 is 0 Å². The van der Waals surface area contributed by atoms with Crippen LogP contribution in [0, 0.1) is 0 Å². The van der Waals surface area contributed by atoms with Crippen molar-refractivity contribution in [2.24, 2.45) is 0 Å². The van der Waals surface area contributed by atoms with Crippen molar-refractivity contribution in [2.75, 3.05) is 0 Å². The Morgan fingerprint density at radius 1 is 0.149 bits per heavy atom. The van der Waals surface area contributed by atoms with E-state index in [-0.39, 0.29) is 5.92 Å². The van der Waals surface area contributed by atoms with E-state index in [4.69, 9.17) is 0 Å². The molecule has 0 radical (unpaired) electrons. The molecule has 4 nitrogen and oxygen atoms in total.